The third-order valence-corrected chi connectivity index (χ3v) is 6.83. The molecule has 1 atom stereocenters. The number of amides is 1. The van der Waals surface area contributed by atoms with Gasteiger partial charge in [-0.15, -0.1) is 11.3 Å². The van der Waals surface area contributed by atoms with E-state index >= 15 is 0 Å². The van der Waals surface area contributed by atoms with Gasteiger partial charge in [-0.2, -0.15) is 10.2 Å². The van der Waals surface area contributed by atoms with Crippen LogP contribution in [0.2, 0.25) is 0 Å². The molecule has 8 nitrogen and oxygen atoms in total. The minimum absolute atomic E-state index is 0.131. The molecule has 1 aliphatic heterocycles. The number of H-pyrrole nitrogens is 1. The van der Waals surface area contributed by atoms with Crippen molar-refractivity contribution in [1.82, 2.24) is 35.3 Å². The molecule has 11 heteroatoms. The van der Waals surface area contributed by atoms with Gasteiger partial charge in [0.05, 0.1) is 11.8 Å². The molecule has 170 valence electrons. The first-order chi connectivity index (χ1) is 16.0. The van der Waals surface area contributed by atoms with Crippen molar-refractivity contribution in [2.45, 2.75) is 45.2 Å². The number of nitrogens with one attached hydrogen (secondary N) is 2. The molecule has 0 saturated carbocycles. The minimum atomic E-state index is -2.66. The van der Waals surface area contributed by atoms with Gasteiger partial charge in [-0.05, 0) is 12.8 Å². The molecule has 1 aliphatic rings. The highest BCUT2D eigenvalue weighted by atomic mass is 32.1. The third-order valence-electron chi connectivity index (χ3n) is 5.59. The Bertz CT molecular complexity index is 1280. The van der Waals surface area contributed by atoms with E-state index in [0.29, 0.717) is 47.1 Å². The number of carbonyl (C=O) groups excluding carboxylic acids is 1. The third kappa shape index (κ3) is 4.15. The second-order valence-electron chi connectivity index (χ2n) is 7.74. The fraction of sp³-hybridized carbons (Fsp3) is 0.318. The van der Waals surface area contributed by atoms with Crippen LogP contribution in [-0.4, -0.2) is 41.9 Å². The molecular formula is C22H21F2N7OS. The molecule has 0 bridgehead atoms. The summed E-state index contributed by atoms with van der Waals surface area (Å²) in [4.78, 5) is 22.2. The second-order valence-corrected chi connectivity index (χ2v) is 8.83. The number of fused-ring (bicyclic) bond motifs is 1. The summed E-state index contributed by atoms with van der Waals surface area (Å²) in [5, 5.41) is 14.6. The number of alkyl halides is 2. The van der Waals surface area contributed by atoms with Crippen LogP contribution in [0.3, 0.4) is 0 Å². The monoisotopic (exact) mass is 469 g/mol. The Morgan fingerprint density at radius 3 is 2.85 bits per heavy atom. The lowest BCUT2D eigenvalue weighted by Crippen LogP contribution is -2.40. The van der Waals surface area contributed by atoms with Gasteiger partial charge in [0.25, 0.3) is 12.3 Å². The summed E-state index contributed by atoms with van der Waals surface area (Å²) in [6.45, 7) is 2.44. The number of aromatic amines is 1. The molecule has 3 aromatic heterocycles. The summed E-state index contributed by atoms with van der Waals surface area (Å²) in [7, 11) is 0. The molecular weight excluding hydrogens is 448 g/mol. The Morgan fingerprint density at radius 1 is 1.30 bits per heavy atom. The van der Waals surface area contributed by atoms with Crippen molar-refractivity contribution in [1.29, 1.82) is 0 Å². The number of nitrogens with zero attached hydrogens (tertiary/aromatic N) is 5. The lowest BCUT2D eigenvalue weighted by atomic mass is 10.1. The standard InChI is InChI=1S/C22H21F2N7OS/c1-2-15-18(19(23)24)28-22(33-15)14-11-25-29-17(14)21(32)26-13-8-9-31-16(10-13)27-20(30-31)12-6-4-3-5-7-12/h3-7,11,13,19H,2,8-10H2,1H3,(H,25,29)(H,26,32). The Kier molecular flexibility index (Phi) is 5.71. The van der Waals surface area contributed by atoms with Crippen molar-refractivity contribution in [3.8, 4) is 22.0 Å². The van der Waals surface area contributed by atoms with Crippen molar-refractivity contribution in [3.63, 3.8) is 0 Å². The van der Waals surface area contributed by atoms with Gasteiger partial charge in [-0.1, -0.05) is 37.3 Å². The van der Waals surface area contributed by atoms with E-state index in [0.717, 1.165) is 22.7 Å². The first kappa shape index (κ1) is 21.4. The number of aromatic nitrogens is 6. The molecule has 5 rings (SSSR count). The second kappa shape index (κ2) is 8.81. The van der Waals surface area contributed by atoms with Gasteiger partial charge in [-0.3, -0.25) is 9.89 Å². The fourth-order valence-corrected chi connectivity index (χ4v) is 4.94. The van der Waals surface area contributed by atoms with Crippen LogP contribution in [0.4, 0.5) is 8.78 Å². The number of hydrogen-bond donors (Lipinski definition) is 2. The first-order valence-corrected chi connectivity index (χ1v) is 11.5. The highest BCUT2D eigenvalue weighted by molar-refractivity contribution is 7.15. The fourth-order valence-electron chi connectivity index (χ4n) is 3.92. The SMILES string of the molecule is CCc1sc(-c2cn[nH]c2C(=O)NC2CCn3nc(-c4ccccc4)nc3C2)nc1C(F)F. The molecule has 2 N–H and O–H groups in total. The van der Waals surface area contributed by atoms with Gasteiger partial charge in [0.1, 0.15) is 22.2 Å². The van der Waals surface area contributed by atoms with E-state index in [-0.39, 0.29) is 23.3 Å². The summed E-state index contributed by atoms with van der Waals surface area (Å²) in [5.74, 6) is 1.12. The number of hydrogen-bond acceptors (Lipinski definition) is 6. The number of benzene rings is 1. The Hall–Kier alpha value is -3.47. The molecule has 33 heavy (non-hydrogen) atoms. The lowest BCUT2D eigenvalue weighted by Gasteiger charge is -2.23. The van der Waals surface area contributed by atoms with Crippen LogP contribution in [0, 0.1) is 0 Å². The van der Waals surface area contributed by atoms with Crippen molar-refractivity contribution in [2.75, 3.05) is 0 Å². The zero-order valence-corrected chi connectivity index (χ0v) is 18.6. The van der Waals surface area contributed by atoms with Crippen LogP contribution in [0.15, 0.2) is 36.5 Å². The van der Waals surface area contributed by atoms with Crippen LogP contribution in [0.25, 0.3) is 22.0 Å². The molecule has 0 aliphatic carbocycles. The summed E-state index contributed by atoms with van der Waals surface area (Å²) in [6, 6.07) is 9.61. The largest absolute Gasteiger partial charge is 0.347 e. The van der Waals surface area contributed by atoms with E-state index in [1.54, 1.807) is 6.92 Å². The maximum Gasteiger partial charge on any atom is 0.281 e. The number of halogens is 2. The van der Waals surface area contributed by atoms with Gasteiger partial charge in [-0.25, -0.2) is 23.4 Å². The van der Waals surface area contributed by atoms with E-state index in [2.05, 4.69) is 30.6 Å². The highest BCUT2D eigenvalue weighted by Crippen LogP contribution is 2.34. The molecule has 4 aromatic rings. The molecule has 0 spiro atoms. The minimum Gasteiger partial charge on any atom is -0.347 e. The Balaban J connectivity index is 1.32. The number of carbonyl (C=O) groups is 1. The van der Waals surface area contributed by atoms with Crippen molar-refractivity contribution < 1.29 is 13.6 Å². The van der Waals surface area contributed by atoms with Crippen molar-refractivity contribution in [3.05, 3.63) is 58.6 Å². The van der Waals surface area contributed by atoms with Crippen LogP contribution < -0.4 is 5.32 Å². The summed E-state index contributed by atoms with van der Waals surface area (Å²) in [6.07, 6.45) is 0.486. The molecule has 0 fully saturated rings. The maximum atomic E-state index is 13.3. The normalized spacial score (nSPS) is 15.6. The van der Waals surface area contributed by atoms with Gasteiger partial charge >= 0.3 is 0 Å². The first-order valence-electron chi connectivity index (χ1n) is 10.6. The molecule has 4 heterocycles. The van der Waals surface area contributed by atoms with E-state index < -0.39 is 6.43 Å². The van der Waals surface area contributed by atoms with E-state index in [1.807, 2.05) is 35.0 Å². The lowest BCUT2D eigenvalue weighted by molar-refractivity contribution is 0.0925. The predicted molar refractivity (Wildman–Crippen MR) is 119 cm³/mol. The van der Waals surface area contributed by atoms with Gasteiger partial charge < -0.3 is 5.32 Å². The number of rotatable bonds is 6. The zero-order chi connectivity index (χ0) is 22.9. The smallest absolute Gasteiger partial charge is 0.281 e. The quantitative estimate of drug-likeness (QED) is 0.444. The topological polar surface area (TPSA) is 101 Å². The van der Waals surface area contributed by atoms with Crippen molar-refractivity contribution >= 4 is 17.2 Å². The van der Waals surface area contributed by atoms with Crippen molar-refractivity contribution in [2.24, 2.45) is 0 Å². The number of aryl methyl sites for hydroxylation is 2. The van der Waals surface area contributed by atoms with Crippen LogP contribution >= 0.6 is 11.3 Å². The zero-order valence-electron chi connectivity index (χ0n) is 17.8. The predicted octanol–water partition coefficient (Wildman–Crippen LogP) is 4.04. The summed E-state index contributed by atoms with van der Waals surface area (Å²) < 4.78 is 28.5. The molecule has 1 unspecified atom stereocenters. The molecule has 0 saturated heterocycles. The molecule has 0 radical (unpaired) electrons. The van der Waals surface area contributed by atoms with E-state index in [4.69, 9.17) is 0 Å². The summed E-state index contributed by atoms with van der Waals surface area (Å²) in [5.41, 5.74) is 1.35. The van der Waals surface area contributed by atoms with Gasteiger partial charge in [0, 0.05) is 29.4 Å². The molecule has 1 aromatic carbocycles. The van der Waals surface area contributed by atoms with Crippen LogP contribution in [-0.2, 0) is 19.4 Å². The van der Waals surface area contributed by atoms with Crippen LogP contribution in [0.5, 0.6) is 0 Å². The average molecular weight is 470 g/mol. The molecule has 1 amide bonds. The highest BCUT2D eigenvalue weighted by Gasteiger charge is 2.27. The van der Waals surface area contributed by atoms with Gasteiger partial charge in [0.2, 0.25) is 0 Å². The van der Waals surface area contributed by atoms with E-state index in [9.17, 15) is 13.6 Å². The van der Waals surface area contributed by atoms with Gasteiger partial charge in [0.15, 0.2) is 5.82 Å². The Morgan fingerprint density at radius 2 is 2.12 bits per heavy atom. The number of thiazole rings is 1. The van der Waals surface area contributed by atoms with E-state index in [1.165, 1.54) is 6.20 Å². The van der Waals surface area contributed by atoms with Crippen LogP contribution in [0.1, 0.15) is 46.7 Å². The summed E-state index contributed by atoms with van der Waals surface area (Å²) >= 11 is 1.16. The Labute approximate surface area is 192 Å². The maximum absolute atomic E-state index is 13.3. The average Bonchev–Trinajstić information content (AvgIpc) is 3.56.